The molecule has 0 aliphatic carbocycles. The number of rotatable bonds is 16. The number of aliphatic imine (C=N–C) groups is 1. The summed E-state index contributed by atoms with van der Waals surface area (Å²) < 4.78 is 33.9. The number of hydrogen-bond donors (Lipinski definition) is 1. The number of amides is 3. The fraction of sp³-hybridized carbons (Fsp3) is 0.326. The SMILES string of the molecule is C=C1N=C(/C=C/C=C/C=C/C=C2/N(CCCCCC(=O)ON3C(=O)CCC3=O)c3ccc(S(=O)(=O)O)cc3C2(C)C)C(C)(C)/C1=C/C(=C\C)C(=O)N(C)Oc1ccccc1. The standard InChI is InChI=1S/C46H52N4O9S/c1-8-33(44(54)48(7)58-34-20-14-12-15-21-34)30-36-32(2)47-39(45(36,3)4)22-16-10-9-11-17-23-40-46(5,6)37-31-35(60(55,56)57)25-26-38(37)49(40)29-19-13-18-24-43(53)59-50-41(51)27-28-42(50)52/h8-12,14-17,20-23,25-26,30-31H,2,13,18-19,24,27-29H2,1,3-7H3,(H,55,56,57)/b10-9+,17-11+,22-16+,33-8+,36-30+,40-23+. The number of anilines is 1. The van der Waals surface area contributed by atoms with Crippen molar-refractivity contribution in [1.29, 1.82) is 0 Å². The minimum atomic E-state index is -4.43. The Balaban J connectivity index is 1.23. The maximum atomic E-state index is 13.3. The van der Waals surface area contributed by atoms with Gasteiger partial charge in [-0.3, -0.25) is 23.9 Å². The molecular formula is C46H52N4O9S. The third-order valence-electron chi connectivity index (χ3n) is 10.6. The molecule has 316 valence electrons. The number of para-hydroxylation sites is 1. The van der Waals surface area contributed by atoms with Crippen molar-refractivity contribution >= 4 is 45.2 Å². The van der Waals surface area contributed by atoms with Gasteiger partial charge in [0.05, 0.1) is 16.3 Å². The summed E-state index contributed by atoms with van der Waals surface area (Å²) in [5, 5.41) is 1.75. The van der Waals surface area contributed by atoms with E-state index in [4.69, 9.17) is 14.7 Å². The summed E-state index contributed by atoms with van der Waals surface area (Å²) in [5.41, 5.74) is 3.92. The molecule has 0 unspecified atom stereocenters. The number of imide groups is 1. The lowest BCUT2D eigenvalue weighted by molar-refractivity contribution is -0.197. The molecule has 0 spiro atoms. The van der Waals surface area contributed by atoms with Crippen LogP contribution in [0.1, 0.15) is 78.7 Å². The largest absolute Gasteiger partial charge is 0.377 e. The summed E-state index contributed by atoms with van der Waals surface area (Å²) in [6.45, 7) is 14.5. The topological polar surface area (TPSA) is 163 Å². The van der Waals surface area contributed by atoms with Gasteiger partial charge in [-0.05, 0) is 79.5 Å². The second-order valence-corrected chi connectivity index (χ2v) is 17.0. The lowest BCUT2D eigenvalue weighted by Crippen LogP contribution is -2.32. The van der Waals surface area contributed by atoms with Gasteiger partial charge in [-0.1, -0.05) is 95.3 Å². The zero-order valence-corrected chi connectivity index (χ0v) is 35.7. The molecule has 1 fully saturated rings. The number of hydrogen-bond acceptors (Lipinski definition) is 10. The van der Waals surface area contributed by atoms with Gasteiger partial charge in [-0.25, -0.2) is 4.79 Å². The van der Waals surface area contributed by atoms with Crippen LogP contribution in [0.2, 0.25) is 0 Å². The highest BCUT2D eigenvalue weighted by Crippen LogP contribution is 2.48. The Morgan fingerprint density at radius 1 is 0.933 bits per heavy atom. The summed E-state index contributed by atoms with van der Waals surface area (Å²) in [4.78, 5) is 66.4. The van der Waals surface area contributed by atoms with Gasteiger partial charge < -0.3 is 14.6 Å². The minimum absolute atomic E-state index is 0.0322. The Bertz CT molecular complexity index is 2350. The van der Waals surface area contributed by atoms with Crippen LogP contribution in [0.25, 0.3) is 0 Å². The van der Waals surface area contributed by atoms with Crippen LogP contribution in [-0.4, -0.2) is 66.1 Å². The maximum absolute atomic E-state index is 13.3. The second kappa shape index (κ2) is 18.9. The van der Waals surface area contributed by atoms with Gasteiger partial charge >= 0.3 is 5.97 Å². The summed E-state index contributed by atoms with van der Waals surface area (Å²) in [5.74, 6) is -1.45. The molecule has 3 aliphatic heterocycles. The van der Waals surface area contributed by atoms with E-state index < -0.39 is 38.7 Å². The molecule has 3 aliphatic rings. The number of benzene rings is 2. The van der Waals surface area contributed by atoms with E-state index in [-0.39, 0.29) is 30.1 Å². The van der Waals surface area contributed by atoms with Gasteiger partial charge in [0.25, 0.3) is 27.8 Å². The average molecular weight is 837 g/mol. The molecule has 2 aromatic carbocycles. The second-order valence-electron chi connectivity index (χ2n) is 15.5. The van der Waals surface area contributed by atoms with E-state index in [2.05, 4.69) is 11.5 Å². The molecule has 2 aromatic rings. The van der Waals surface area contributed by atoms with Gasteiger partial charge in [0, 0.05) is 60.6 Å². The van der Waals surface area contributed by atoms with Crippen LogP contribution in [0.15, 0.2) is 142 Å². The highest BCUT2D eigenvalue weighted by atomic mass is 32.2. The third kappa shape index (κ3) is 10.4. The van der Waals surface area contributed by atoms with Gasteiger partial charge in [-0.2, -0.15) is 13.5 Å². The zero-order valence-electron chi connectivity index (χ0n) is 34.9. The van der Waals surface area contributed by atoms with E-state index in [0.29, 0.717) is 47.9 Å². The molecular weight excluding hydrogens is 785 g/mol. The van der Waals surface area contributed by atoms with E-state index in [1.165, 1.54) is 17.2 Å². The van der Waals surface area contributed by atoms with Crippen molar-refractivity contribution in [3.8, 4) is 5.75 Å². The molecule has 1 N–H and O–H groups in total. The first kappa shape index (κ1) is 45.0. The number of fused-ring (bicyclic) bond motifs is 1. The number of carbonyl (C=O) groups is 4. The van der Waals surface area contributed by atoms with Crippen LogP contribution in [0, 0.1) is 5.41 Å². The van der Waals surface area contributed by atoms with Crippen LogP contribution in [0.4, 0.5) is 5.69 Å². The molecule has 3 heterocycles. The van der Waals surface area contributed by atoms with E-state index in [9.17, 15) is 32.1 Å². The van der Waals surface area contributed by atoms with E-state index in [0.717, 1.165) is 28.2 Å². The lowest BCUT2D eigenvalue weighted by Gasteiger charge is -2.27. The van der Waals surface area contributed by atoms with Crippen molar-refractivity contribution in [2.45, 2.75) is 83.5 Å². The number of carbonyl (C=O) groups excluding carboxylic acids is 4. The molecule has 0 aromatic heterocycles. The molecule has 60 heavy (non-hydrogen) atoms. The molecule has 1 saturated heterocycles. The van der Waals surface area contributed by atoms with Gasteiger partial charge in [0.1, 0.15) is 0 Å². The van der Waals surface area contributed by atoms with Gasteiger partial charge in [-0.15, -0.1) is 5.06 Å². The minimum Gasteiger partial charge on any atom is -0.377 e. The Morgan fingerprint density at radius 3 is 2.27 bits per heavy atom. The summed E-state index contributed by atoms with van der Waals surface area (Å²) in [7, 11) is -2.86. The lowest BCUT2D eigenvalue weighted by atomic mass is 9.80. The Kier molecular flexibility index (Phi) is 14.1. The molecule has 5 rings (SSSR count). The highest BCUT2D eigenvalue weighted by molar-refractivity contribution is 7.85. The number of nitrogens with zero attached hydrogens (tertiary/aromatic N) is 4. The van der Waals surface area contributed by atoms with E-state index >= 15 is 0 Å². The van der Waals surface area contributed by atoms with Crippen molar-refractivity contribution in [1.82, 2.24) is 10.1 Å². The smallest absolute Gasteiger partial charge is 0.333 e. The summed E-state index contributed by atoms with van der Waals surface area (Å²) >= 11 is 0. The summed E-state index contributed by atoms with van der Waals surface area (Å²) in [6.07, 6.45) is 18.7. The highest BCUT2D eigenvalue weighted by Gasteiger charge is 2.41. The van der Waals surface area contributed by atoms with Crippen molar-refractivity contribution in [2.24, 2.45) is 10.4 Å². The quantitative estimate of drug-likeness (QED) is 0.0437. The van der Waals surface area contributed by atoms with Crippen molar-refractivity contribution in [3.63, 3.8) is 0 Å². The molecule has 0 bridgehead atoms. The molecule has 0 atom stereocenters. The Hall–Kier alpha value is -6.12. The first-order chi connectivity index (χ1) is 28.4. The molecule has 0 radical (unpaired) electrons. The number of unbranched alkanes of at least 4 members (excludes halogenated alkanes) is 2. The first-order valence-electron chi connectivity index (χ1n) is 19.7. The predicted molar refractivity (Wildman–Crippen MR) is 230 cm³/mol. The van der Waals surface area contributed by atoms with Crippen LogP contribution >= 0.6 is 0 Å². The Morgan fingerprint density at radius 2 is 1.60 bits per heavy atom. The van der Waals surface area contributed by atoms with Crippen LogP contribution in [-0.2, 0) is 39.5 Å². The van der Waals surface area contributed by atoms with Crippen LogP contribution in [0.5, 0.6) is 5.75 Å². The maximum Gasteiger partial charge on any atom is 0.333 e. The summed E-state index contributed by atoms with van der Waals surface area (Å²) in [6, 6.07) is 13.6. The van der Waals surface area contributed by atoms with Crippen LogP contribution in [0.3, 0.4) is 0 Å². The predicted octanol–water partition coefficient (Wildman–Crippen LogP) is 8.07. The van der Waals surface area contributed by atoms with Gasteiger partial charge in [0.2, 0.25) is 0 Å². The Labute approximate surface area is 352 Å². The van der Waals surface area contributed by atoms with Crippen molar-refractivity contribution in [2.75, 3.05) is 18.5 Å². The molecule has 13 nitrogen and oxygen atoms in total. The molecule has 0 saturated carbocycles. The zero-order chi connectivity index (χ0) is 43.8. The molecule has 3 amide bonds. The third-order valence-corrected chi connectivity index (χ3v) is 11.4. The van der Waals surface area contributed by atoms with Crippen molar-refractivity contribution in [3.05, 3.63) is 138 Å². The van der Waals surface area contributed by atoms with Crippen LogP contribution < -0.4 is 9.74 Å². The number of hydroxylamine groups is 4. The normalized spacial score (nSPS) is 19.1. The van der Waals surface area contributed by atoms with Crippen molar-refractivity contribution < 1.29 is 41.8 Å². The first-order valence-corrected chi connectivity index (χ1v) is 21.2. The number of allylic oxidation sites excluding steroid dienone is 10. The van der Waals surface area contributed by atoms with E-state index in [1.807, 2.05) is 94.5 Å². The fourth-order valence-corrected chi connectivity index (χ4v) is 7.71. The monoisotopic (exact) mass is 836 g/mol. The van der Waals surface area contributed by atoms with Gasteiger partial charge in [0.15, 0.2) is 5.75 Å². The average Bonchev–Trinajstić information content (AvgIpc) is 3.71. The fourth-order valence-electron chi connectivity index (χ4n) is 7.20. The molecule has 14 heteroatoms. The number of likely N-dealkylation sites (N-methyl/N-ethyl adjacent to an activating group) is 1. The van der Waals surface area contributed by atoms with E-state index in [1.54, 1.807) is 38.2 Å².